The van der Waals surface area contributed by atoms with Crippen LogP contribution >= 0.6 is 0 Å². The summed E-state index contributed by atoms with van der Waals surface area (Å²) in [6.45, 7) is 4.05. The lowest BCUT2D eigenvalue weighted by Crippen LogP contribution is -2.07. The molecule has 0 unspecified atom stereocenters. The molecule has 0 bridgehead atoms. The van der Waals surface area contributed by atoms with E-state index in [0.29, 0.717) is 5.56 Å². The van der Waals surface area contributed by atoms with Crippen molar-refractivity contribution >= 4 is 5.78 Å². The fourth-order valence-corrected chi connectivity index (χ4v) is 2.28. The highest BCUT2D eigenvalue weighted by Gasteiger charge is 2.17. The molecule has 3 heteroatoms. The third-order valence-electron chi connectivity index (χ3n) is 3.43. The van der Waals surface area contributed by atoms with Crippen molar-refractivity contribution in [3.8, 4) is 0 Å². The highest BCUT2D eigenvalue weighted by atomic mass is 19.2. The molecule has 0 spiro atoms. The third kappa shape index (κ3) is 2.62. The molecule has 0 amide bonds. The molecule has 0 heterocycles. The van der Waals surface area contributed by atoms with Gasteiger partial charge in [0.2, 0.25) is 0 Å². The Kier molecular flexibility index (Phi) is 4.28. The van der Waals surface area contributed by atoms with E-state index in [0.717, 1.165) is 24.5 Å². The number of ketones is 1. The minimum atomic E-state index is -1.09. The van der Waals surface area contributed by atoms with E-state index in [4.69, 9.17) is 0 Å². The van der Waals surface area contributed by atoms with E-state index in [-0.39, 0.29) is 5.56 Å². The van der Waals surface area contributed by atoms with Gasteiger partial charge < -0.3 is 0 Å². The van der Waals surface area contributed by atoms with Gasteiger partial charge in [-0.25, -0.2) is 8.78 Å². The zero-order valence-corrected chi connectivity index (χ0v) is 11.5. The van der Waals surface area contributed by atoms with Crippen molar-refractivity contribution in [2.45, 2.75) is 26.7 Å². The molecule has 0 aliphatic heterocycles. The summed E-state index contributed by atoms with van der Waals surface area (Å²) in [5.41, 5.74) is 2.40. The van der Waals surface area contributed by atoms with Gasteiger partial charge in [-0.3, -0.25) is 4.79 Å². The summed E-state index contributed by atoms with van der Waals surface area (Å²) in [5.74, 6) is -2.58. The smallest absolute Gasteiger partial charge is 0.196 e. The van der Waals surface area contributed by atoms with Crippen LogP contribution in [0.4, 0.5) is 8.78 Å². The standard InChI is InChI=1S/C17H16F2O/c1-3-11-8-9-13(10-12(11)4-2)17(20)14-6-5-7-15(18)16(14)19/h5-10H,3-4H2,1-2H3. The topological polar surface area (TPSA) is 17.1 Å². The van der Waals surface area contributed by atoms with Gasteiger partial charge in [0.15, 0.2) is 17.4 Å². The average molecular weight is 274 g/mol. The molecular weight excluding hydrogens is 258 g/mol. The van der Waals surface area contributed by atoms with Crippen LogP contribution in [0, 0.1) is 11.6 Å². The summed E-state index contributed by atoms with van der Waals surface area (Å²) in [5, 5.41) is 0. The molecular formula is C17H16F2O. The van der Waals surface area contributed by atoms with Crippen LogP contribution in [0.15, 0.2) is 36.4 Å². The van der Waals surface area contributed by atoms with Crippen LogP contribution in [0.1, 0.15) is 40.9 Å². The second kappa shape index (κ2) is 5.95. The maximum Gasteiger partial charge on any atom is 0.196 e. The zero-order valence-electron chi connectivity index (χ0n) is 11.5. The molecule has 20 heavy (non-hydrogen) atoms. The van der Waals surface area contributed by atoms with Crippen LogP contribution in [0.2, 0.25) is 0 Å². The van der Waals surface area contributed by atoms with Crippen LogP contribution in [0.25, 0.3) is 0 Å². The Labute approximate surface area is 117 Å². The first kappa shape index (κ1) is 14.4. The Morgan fingerprint density at radius 1 is 1.00 bits per heavy atom. The molecule has 0 aliphatic carbocycles. The van der Waals surface area contributed by atoms with Crippen molar-refractivity contribution in [1.82, 2.24) is 0 Å². The van der Waals surface area contributed by atoms with Gasteiger partial charge in [-0.15, -0.1) is 0 Å². The Bertz CT molecular complexity index is 647. The minimum Gasteiger partial charge on any atom is -0.288 e. The molecule has 2 aromatic carbocycles. The summed E-state index contributed by atoms with van der Waals surface area (Å²) in [4.78, 5) is 12.3. The summed E-state index contributed by atoms with van der Waals surface area (Å²) in [6.07, 6.45) is 1.68. The highest BCUT2D eigenvalue weighted by Crippen LogP contribution is 2.19. The Balaban J connectivity index is 2.46. The Morgan fingerprint density at radius 2 is 1.70 bits per heavy atom. The lowest BCUT2D eigenvalue weighted by Gasteiger charge is -2.09. The molecule has 0 aliphatic rings. The van der Waals surface area contributed by atoms with Gasteiger partial charge in [0.1, 0.15) is 0 Å². The van der Waals surface area contributed by atoms with Crippen molar-refractivity contribution in [2.24, 2.45) is 0 Å². The largest absolute Gasteiger partial charge is 0.288 e. The summed E-state index contributed by atoms with van der Waals surface area (Å²) in [7, 11) is 0. The van der Waals surface area contributed by atoms with Gasteiger partial charge >= 0.3 is 0 Å². The number of halogens is 2. The van der Waals surface area contributed by atoms with Gasteiger partial charge in [0.25, 0.3) is 0 Å². The van der Waals surface area contributed by atoms with Crippen molar-refractivity contribution in [3.63, 3.8) is 0 Å². The second-order valence-corrected chi connectivity index (χ2v) is 4.62. The van der Waals surface area contributed by atoms with Crippen molar-refractivity contribution in [3.05, 3.63) is 70.3 Å². The lowest BCUT2D eigenvalue weighted by molar-refractivity contribution is 0.103. The average Bonchev–Trinajstić information content (AvgIpc) is 2.48. The van der Waals surface area contributed by atoms with Crippen molar-refractivity contribution < 1.29 is 13.6 Å². The zero-order chi connectivity index (χ0) is 14.7. The van der Waals surface area contributed by atoms with E-state index in [1.807, 2.05) is 19.9 Å². The fourth-order valence-electron chi connectivity index (χ4n) is 2.28. The number of carbonyl (C=O) groups is 1. The quantitative estimate of drug-likeness (QED) is 0.759. The second-order valence-electron chi connectivity index (χ2n) is 4.62. The molecule has 1 nitrogen and oxygen atoms in total. The predicted octanol–water partition coefficient (Wildman–Crippen LogP) is 4.32. The van der Waals surface area contributed by atoms with Crippen molar-refractivity contribution in [2.75, 3.05) is 0 Å². The molecule has 0 atom stereocenters. The van der Waals surface area contributed by atoms with Gasteiger partial charge in [-0.05, 0) is 42.2 Å². The minimum absolute atomic E-state index is 0.226. The van der Waals surface area contributed by atoms with E-state index < -0.39 is 17.4 Å². The molecule has 0 fully saturated rings. The molecule has 0 saturated heterocycles. The van der Waals surface area contributed by atoms with Crippen LogP contribution in [0.3, 0.4) is 0 Å². The third-order valence-corrected chi connectivity index (χ3v) is 3.43. The van der Waals surface area contributed by atoms with Crippen LogP contribution in [-0.4, -0.2) is 5.78 Å². The molecule has 0 aromatic heterocycles. The number of rotatable bonds is 4. The summed E-state index contributed by atoms with van der Waals surface area (Å²) >= 11 is 0. The molecule has 0 N–H and O–H groups in total. The molecule has 0 radical (unpaired) electrons. The number of aryl methyl sites for hydroxylation is 2. The lowest BCUT2D eigenvalue weighted by atomic mass is 9.95. The fraction of sp³-hybridized carbons (Fsp3) is 0.235. The van der Waals surface area contributed by atoms with E-state index in [1.54, 1.807) is 12.1 Å². The Morgan fingerprint density at radius 3 is 2.35 bits per heavy atom. The van der Waals surface area contributed by atoms with Crippen LogP contribution in [-0.2, 0) is 12.8 Å². The first-order valence-electron chi connectivity index (χ1n) is 6.69. The van der Waals surface area contributed by atoms with Crippen molar-refractivity contribution in [1.29, 1.82) is 0 Å². The van der Waals surface area contributed by atoms with E-state index in [9.17, 15) is 13.6 Å². The van der Waals surface area contributed by atoms with Gasteiger partial charge in [0.05, 0.1) is 5.56 Å². The number of hydrogen-bond donors (Lipinski definition) is 0. The molecule has 0 saturated carbocycles. The maximum atomic E-state index is 13.7. The monoisotopic (exact) mass is 274 g/mol. The summed E-state index contributed by atoms with van der Waals surface area (Å²) in [6, 6.07) is 8.97. The van der Waals surface area contributed by atoms with Crippen LogP contribution < -0.4 is 0 Å². The Hall–Kier alpha value is -2.03. The number of hydrogen-bond acceptors (Lipinski definition) is 1. The molecule has 2 rings (SSSR count). The maximum absolute atomic E-state index is 13.7. The van der Waals surface area contributed by atoms with Gasteiger partial charge in [-0.1, -0.05) is 32.0 Å². The van der Waals surface area contributed by atoms with Crippen LogP contribution in [0.5, 0.6) is 0 Å². The molecule has 2 aromatic rings. The number of benzene rings is 2. The number of carbonyl (C=O) groups excluding carboxylic acids is 1. The van der Waals surface area contributed by atoms with Gasteiger partial charge in [0, 0.05) is 5.56 Å². The van der Waals surface area contributed by atoms with E-state index in [1.165, 1.54) is 17.7 Å². The molecule has 104 valence electrons. The normalized spacial score (nSPS) is 10.6. The highest BCUT2D eigenvalue weighted by molar-refractivity contribution is 6.09. The predicted molar refractivity (Wildman–Crippen MR) is 75.0 cm³/mol. The van der Waals surface area contributed by atoms with Gasteiger partial charge in [-0.2, -0.15) is 0 Å². The van der Waals surface area contributed by atoms with E-state index in [2.05, 4.69) is 0 Å². The SMILES string of the molecule is CCc1ccc(C(=O)c2cccc(F)c2F)cc1CC. The first-order valence-corrected chi connectivity index (χ1v) is 6.69. The summed E-state index contributed by atoms with van der Waals surface area (Å²) < 4.78 is 26.9. The van der Waals surface area contributed by atoms with E-state index >= 15 is 0 Å². The first-order chi connectivity index (χ1) is 9.58.